The van der Waals surface area contributed by atoms with Gasteiger partial charge in [-0.1, -0.05) is 36.4 Å². The average Bonchev–Trinajstić information content (AvgIpc) is 2.38. The first-order valence-electron chi connectivity index (χ1n) is 5.20. The molecule has 0 spiro atoms. The second kappa shape index (κ2) is 5.00. The maximum absolute atomic E-state index is 11.3. The molecule has 0 heterocycles. The number of benzene rings is 2. The highest BCUT2D eigenvalue weighted by Crippen LogP contribution is 2.31. The maximum atomic E-state index is 11.3. The van der Waals surface area contributed by atoms with E-state index in [1.54, 1.807) is 12.1 Å². The summed E-state index contributed by atoms with van der Waals surface area (Å²) in [5.74, 6) is 0.242. The van der Waals surface area contributed by atoms with Crippen LogP contribution in [0.4, 0.5) is 0 Å². The highest BCUT2D eigenvalue weighted by molar-refractivity contribution is 8.13. The molecule has 0 unspecified atom stereocenters. The Morgan fingerprint density at radius 1 is 1.00 bits per heavy atom. The van der Waals surface area contributed by atoms with Gasteiger partial charge < -0.3 is 4.74 Å². The fourth-order valence-electron chi connectivity index (χ4n) is 1.68. The predicted octanol–water partition coefficient (Wildman–Crippen LogP) is 3.29. The van der Waals surface area contributed by atoms with Crippen LogP contribution in [0.5, 0.6) is 5.75 Å². The van der Waals surface area contributed by atoms with Crippen LogP contribution in [0.25, 0.3) is 11.1 Å². The minimum absolute atomic E-state index is 0.0219. The van der Waals surface area contributed by atoms with Crippen molar-refractivity contribution < 1.29 is 13.2 Å². The molecule has 3 nitrogen and oxygen atoms in total. The first kappa shape index (κ1) is 12.9. The molecule has 0 bridgehead atoms. The minimum Gasteiger partial charge on any atom is -0.495 e. The van der Waals surface area contributed by atoms with E-state index in [-0.39, 0.29) is 10.6 Å². The molecule has 0 amide bonds. The Balaban J connectivity index is 2.56. The SMILES string of the molecule is COc1cc(-c2ccccc2)ccc1S(=O)(=O)Cl. The summed E-state index contributed by atoms with van der Waals surface area (Å²) in [4.78, 5) is -0.0219. The van der Waals surface area contributed by atoms with Crippen LogP contribution in [0.1, 0.15) is 0 Å². The van der Waals surface area contributed by atoms with E-state index in [0.717, 1.165) is 11.1 Å². The summed E-state index contributed by atoms with van der Waals surface area (Å²) >= 11 is 0. The van der Waals surface area contributed by atoms with E-state index < -0.39 is 9.05 Å². The fourth-order valence-corrected chi connectivity index (χ4v) is 2.67. The molecule has 0 radical (unpaired) electrons. The summed E-state index contributed by atoms with van der Waals surface area (Å²) in [7, 11) is 2.95. The lowest BCUT2D eigenvalue weighted by Crippen LogP contribution is -1.96. The number of ether oxygens (including phenoxy) is 1. The Morgan fingerprint density at radius 2 is 1.67 bits per heavy atom. The number of halogens is 1. The van der Waals surface area contributed by atoms with Crippen LogP contribution in [-0.4, -0.2) is 15.5 Å². The first-order valence-corrected chi connectivity index (χ1v) is 7.51. The lowest BCUT2D eigenvalue weighted by atomic mass is 10.1. The van der Waals surface area contributed by atoms with Crippen LogP contribution in [0.15, 0.2) is 53.4 Å². The molecule has 94 valence electrons. The molecule has 2 aromatic rings. The van der Waals surface area contributed by atoms with E-state index in [4.69, 9.17) is 15.4 Å². The molecule has 0 saturated carbocycles. The number of hydrogen-bond donors (Lipinski definition) is 0. The van der Waals surface area contributed by atoms with E-state index >= 15 is 0 Å². The third-order valence-corrected chi connectivity index (χ3v) is 3.89. The zero-order valence-electron chi connectivity index (χ0n) is 9.63. The van der Waals surface area contributed by atoms with Crippen molar-refractivity contribution in [1.82, 2.24) is 0 Å². The Kier molecular flexibility index (Phi) is 3.59. The summed E-state index contributed by atoms with van der Waals surface area (Å²) in [5, 5.41) is 0. The number of rotatable bonds is 3. The first-order chi connectivity index (χ1) is 8.52. The van der Waals surface area contributed by atoms with Crippen molar-refractivity contribution in [1.29, 1.82) is 0 Å². The highest BCUT2D eigenvalue weighted by Gasteiger charge is 2.17. The monoisotopic (exact) mass is 282 g/mol. The third-order valence-electron chi connectivity index (χ3n) is 2.53. The van der Waals surface area contributed by atoms with Gasteiger partial charge in [-0.25, -0.2) is 8.42 Å². The van der Waals surface area contributed by atoms with Crippen molar-refractivity contribution >= 4 is 19.7 Å². The minimum atomic E-state index is -3.80. The largest absolute Gasteiger partial charge is 0.495 e. The van der Waals surface area contributed by atoms with Crippen molar-refractivity contribution in [2.75, 3.05) is 7.11 Å². The van der Waals surface area contributed by atoms with Crippen LogP contribution in [0, 0.1) is 0 Å². The molecule has 0 N–H and O–H groups in total. The molecule has 0 atom stereocenters. The van der Waals surface area contributed by atoms with Gasteiger partial charge >= 0.3 is 0 Å². The molecule has 5 heteroatoms. The van der Waals surface area contributed by atoms with Gasteiger partial charge in [0.15, 0.2) is 0 Å². The fraction of sp³-hybridized carbons (Fsp3) is 0.0769. The number of methoxy groups -OCH3 is 1. The Bertz CT molecular complexity index is 651. The lowest BCUT2D eigenvalue weighted by Gasteiger charge is -2.08. The van der Waals surface area contributed by atoms with Gasteiger partial charge in [0.05, 0.1) is 7.11 Å². The van der Waals surface area contributed by atoms with Gasteiger partial charge in [0.25, 0.3) is 9.05 Å². The number of hydrogen-bond acceptors (Lipinski definition) is 3. The van der Waals surface area contributed by atoms with E-state index in [0.29, 0.717) is 0 Å². The zero-order valence-corrected chi connectivity index (χ0v) is 11.2. The summed E-state index contributed by atoms with van der Waals surface area (Å²) < 4.78 is 27.8. The quantitative estimate of drug-likeness (QED) is 0.812. The van der Waals surface area contributed by atoms with Gasteiger partial charge in [-0.3, -0.25) is 0 Å². The van der Waals surface area contributed by atoms with Crippen molar-refractivity contribution in [2.24, 2.45) is 0 Å². The molecule has 0 fully saturated rings. The lowest BCUT2D eigenvalue weighted by molar-refractivity contribution is 0.403. The molecule has 0 aliphatic rings. The molecular formula is C13H11ClO3S. The summed E-state index contributed by atoms with van der Waals surface area (Å²) in [6, 6.07) is 14.4. The predicted molar refractivity (Wildman–Crippen MR) is 71.5 cm³/mol. The van der Waals surface area contributed by atoms with E-state index in [1.165, 1.54) is 13.2 Å². The van der Waals surface area contributed by atoms with Gasteiger partial charge in [-0.05, 0) is 23.3 Å². The Hall–Kier alpha value is -1.52. The second-order valence-electron chi connectivity index (χ2n) is 3.67. The van der Waals surface area contributed by atoms with Gasteiger partial charge in [0.2, 0.25) is 0 Å². The van der Waals surface area contributed by atoms with E-state index in [2.05, 4.69) is 0 Å². The van der Waals surface area contributed by atoms with Crippen LogP contribution in [0.2, 0.25) is 0 Å². The van der Waals surface area contributed by atoms with Crippen LogP contribution >= 0.6 is 10.7 Å². The van der Waals surface area contributed by atoms with Gasteiger partial charge in [-0.2, -0.15) is 0 Å². The van der Waals surface area contributed by atoms with Crippen molar-refractivity contribution in [3.05, 3.63) is 48.5 Å². The topological polar surface area (TPSA) is 43.4 Å². The zero-order chi connectivity index (χ0) is 13.2. The van der Waals surface area contributed by atoms with Crippen molar-refractivity contribution in [3.8, 4) is 16.9 Å². The third kappa shape index (κ3) is 2.66. The maximum Gasteiger partial charge on any atom is 0.264 e. The molecule has 0 aromatic heterocycles. The van der Waals surface area contributed by atoms with Gasteiger partial charge in [0, 0.05) is 10.7 Å². The van der Waals surface area contributed by atoms with Crippen LogP contribution < -0.4 is 4.74 Å². The summed E-state index contributed by atoms with van der Waals surface area (Å²) in [5.41, 5.74) is 1.85. The highest BCUT2D eigenvalue weighted by atomic mass is 35.7. The smallest absolute Gasteiger partial charge is 0.264 e. The van der Waals surface area contributed by atoms with Crippen molar-refractivity contribution in [2.45, 2.75) is 4.90 Å². The molecule has 2 aromatic carbocycles. The Labute approximate surface area is 110 Å². The normalized spacial score (nSPS) is 11.2. The molecule has 0 saturated heterocycles. The molecular weight excluding hydrogens is 272 g/mol. The summed E-state index contributed by atoms with van der Waals surface area (Å²) in [6.07, 6.45) is 0. The standard InChI is InChI=1S/C13H11ClO3S/c1-17-12-9-11(10-5-3-2-4-6-10)7-8-13(12)18(14,15)16/h2-9H,1H3. The molecule has 0 aliphatic carbocycles. The summed E-state index contributed by atoms with van der Waals surface area (Å²) in [6.45, 7) is 0. The van der Waals surface area contributed by atoms with Crippen LogP contribution in [0.3, 0.4) is 0 Å². The molecule has 18 heavy (non-hydrogen) atoms. The van der Waals surface area contributed by atoms with Crippen LogP contribution in [-0.2, 0) is 9.05 Å². The molecule has 0 aliphatic heterocycles. The Morgan fingerprint density at radius 3 is 2.22 bits per heavy atom. The van der Waals surface area contributed by atoms with Crippen molar-refractivity contribution in [3.63, 3.8) is 0 Å². The van der Waals surface area contributed by atoms with E-state index in [1.807, 2.05) is 30.3 Å². The van der Waals surface area contributed by atoms with E-state index in [9.17, 15) is 8.42 Å². The molecule has 2 rings (SSSR count). The average molecular weight is 283 g/mol. The second-order valence-corrected chi connectivity index (χ2v) is 6.20. The van der Waals surface area contributed by atoms with Gasteiger partial charge in [0.1, 0.15) is 10.6 Å². The van der Waals surface area contributed by atoms with Gasteiger partial charge in [-0.15, -0.1) is 0 Å².